The summed E-state index contributed by atoms with van der Waals surface area (Å²) in [6.45, 7) is 2.12. The monoisotopic (exact) mass is 1520 g/mol. The summed E-state index contributed by atoms with van der Waals surface area (Å²) in [6, 6.07) is 158. The van der Waals surface area contributed by atoms with E-state index in [9.17, 15) is 0 Å². The number of nitrogens with zero attached hydrogens (tertiary/aromatic N) is 2. The van der Waals surface area contributed by atoms with Crippen molar-refractivity contribution in [1.29, 1.82) is 0 Å². The lowest BCUT2D eigenvalue weighted by molar-refractivity contribution is 0.766. The highest BCUT2D eigenvalue weighted by atomic mass is 15.2. The molecule has 0 saturated heterocycles. The lowest BCUT2D eigenvalue weighted by atomic mass is 9.31. The van der Waals surface area contributed by atoms with Crippen LogP contribution in [0.2, 0.25) is 0 Å². The van der Waals surface area contributed by atoms with Crippen molar-refractivity contribution in [2.24, 2.45) is 0 Å². The van der Waals surface area contributed by atoms with Gasteiger partial charge in [-0.25, -0.2) is 0 Å². The molecule has 3 heteroatoms. The second-order valence-electron chi connectivity index (χ2n) is 32.9. The fourth-order valence-electron chi connectivity index (χ4n) is 20.6. The summed E-state index contributed by atoms with van der Waals surface area (Å²) >= 11 is 0. The minimum Gasteiger partial charge on any atom is -0.335 e. The Bertz CT molecular complexity index is 7900. The van der Waals surface area contributed by atoms with Crippen LogP contribution in [0, 0.1) is 6.92 Å². The second-order valence-corrected chi connectivity index (χ2v) is 32.9. The molecule has 0 N–H and O–H groups in total. The Hall–Kier alpha value is -15.2. The zero-order valence-electron chi connectivity index (χ0n) is 66.2. The molecule has 0 amide bonds. The van der Waals surface area contributed by atoms with E-state index in [1.165, 1.54) is 197 Å². The van der Waals surface area contributed by atoms with Gasteiger partial charge in [0.15, 0.2) is 0 Å². The van der Waals surface area contributed by atoms with Crippen molar-refractivity contribution in [3.05, 3.63) is 447 Å². The topological polar surface area (TPSA) is 6.48 Å². The first-order valence-corrected chi connectivity index (χ1v) is 42.0. The maximum Gasteiger partial charge on any atom is 0.247 e. The zero-order valence-corrected chi connectivity index (χ0v) is 66.2. The first-order valence-electron chi connectivity index (χ1n) is 42.0. The number of hydrogen-bond donors (Lipinski definition) is 0. The first kappa shape index (κ1) is 69.2. The van der Waals surface area contributed by atoms with Gasteiger partial charge < -0.3 is 9.80 Å². The highest BCUT2D eigenvalue weighted by Gasteiger charge is 2.48. The molecule has 0 aromatic heterocycles. The lowest BCUT2D eigenvalue weighted by Gasteiger charge is -2.49. The lowest BCUT2D eigenvalue weighted by Crippen LogP contribution is -2.61. The van der Waals surface area contributed by atoms with Crippen LogP contribution < -0.4 is 20.7 Å². The molecule has 3 aliphatic rings. The quantitative estimate of drug-likeness (QED) is 0.119. The molecule has 21 aromatic carbocycles. The maximum atomic E-state index is 2.77. The van der Waals surface area contributed by atoms with Crippen LogP contribution >= 0.6 is 0 Å². The van der Waals surface area contributed by atoms with Gasteiger partial charge in [-0.15, -0.1) is 0 Å². The predicted molar refractivity (Wildman–Crippen MR) is 514 cm³/mol. The average Bonchev–Trinajstić information content (AvgIpc) is 0.690. The molecule has 24 rings (SSSR count). The average molecular weight is 1520 g/mol. The van der Waals surface area contributed by atoms with Crippen molar-refractivity contribution in [1.82, 2.24) is 0 Å². The third-order valence-electron chi connectivity index (χ3n) is 26.2. The number of aryl methyl sites for hydroxylation is 1. The van der Waals surface area contributed by atoms with Crippen LogP contribution in [-0.4, -0.2) is 12.8 Å². The molecule has 2 aliphatic heterocycles. The Morgan fingerprint density at radius 1 is 0.242 bits per heavy atom. The Labute approximate surface area is 698 Å². The molecule has 1 atom stereocenters. The van der Waals surface area contributed by atoms with E-state index in [0.717, 1.165) is 45.9 Å². The summed E-state index contributed by atoms with van der Waals surface area (Å²) in [4.78, 5) is 5.40. The first-order chi connectivity index (χ1) is 59.4. The van der Waals surface area contributed by atoms with E-state index in [1.807, 2.05) is 0 Å². The van der Waals surface area contributed by atoms with E-state index in [2.05, 4.69) is 447 Å². The SMILES string of the molecule is Cc1cc(N2c3cc(-c4ccccc4)cc4c3B(C3=CC(c5cc6ccccc6cc5-c5cccc6ccccc56)=CCC32)c2cc(-c3cc5ccccc5cc3-c3cccc5ccccc35)ccc2N4c2ccc(-c3cc4ccccc4cc3-c3cccc4ccccc34)cc2)ccc1-c1cc2ccccc2cc1-c1cccc2ccccc12. The second kappa shape index (κ2) is 28.1. The van der Waals surface area contributed by atoms with E-state index < -0.39 is 0 Å². The molecule has 2 nitrogen and oxygen atoms in total. The number of anilines is 5. The van der Waals surface area contributed by atoms with Gasteiger partial charge in [-0.3, -0.25) is 0 Å². The molecule has 21 aromatic rings. The van der Waals surface area contributed by atoms with Crippen molar-refractivity contribution in [3.63, 3.8) is 0 Å². The van der Waals surface area contributed by atoms with Crippen LogP contribution in [0.1, 0.15) is 17.5 Å². The summed E-state index contributed by atoms with van der Waals surface area (Å²) in [7, 11) is 0. The molecular formula is C117H77BN2. The highest BCUT2D eigenvalue weighted by Crippen LogP contribution is 2.53. The van der Waals surface area contributed by atoms with Gasteiger partial charge in [-0.2, -0.15) is 0 Å². The molecule has 0 spiro atoms. The number of benzene rings is 21. The number of fused-ring (bicyclic) bond motifs is 12. The standard InChI is InChI=1S/C117H77BN2/c1-74-61-93(57-58-94(74)106-65-84-34-11-12-38-88(84)69-110(106)102-50-24-42-79-30-16-20-46-98(79)102)120-114-60-54-90(105-64-83-33-7-10-37-87(83)68-109(105)101-49-23-41-78-29-15-19-45-97(78)101)71-112(114)118-111-70-89(104-63-82-32-6-9-36-86(82)67-108(104)100-48-22-40-77-28-14-18-44-96(77)100)53-59-113(111)119(115-72-91(73-116(120)117(115)118)75-25-3-2-4-26-75)92-55-51-80(52-56-92)103-62-81-31-5-8-35-85(81)66-107(103)99-47-21-39-76-27-13-17-43-95(76)99/h2-59,61-73,114H,60H2,1H3. The van der Waals surface area contributed by atoms with E-state index in [0.29, 0.717) is 0 Å². The van der Waals surface area contributed by atoms with Crippen LogP contribution in [0.3, 0.4) is 0 Å². The van der Waals surface area contributed by atoms with Gasteiger partial charge in [-0.1, -0.05) is 345 Å². The zero-order chi connectivity index (χ0) is 79.0. The Kier molecular flexibility index (Phi) is 16.2. The Balaban J connectivity index is 0.777. The van der Waals surface area contributed by atoms with Crippen LogP contribution in [0.25, 0.3) is 181 Å². The summed E-state index contributed by atoms with van der Waals surface area (Å²) in [6.07, 6.45) is 5.98. The molecule has 1 aliphatic carbocycles. The summed E-state index contributed by atoms with van der Waals surface area (Å²) < 4.78 is 0. The molecule has 0 saturated carbocycles. The van der Waals surface area contributed by atoms with E-state index in [-0.39, 0.29) is 12.8 Å². The third-order valence-corrected chi connectivity index (χ3v) is 26.2. The van der Waals surface area contributed by atoms with Gasteiger partial charge in [0.1, 0.15) is 0 Å². The van der Waals surface area contributed by atoms with Crippen molar-refractivity contribution in [3.8, 4) is 89.0 Å². The third kappa shape index (κ3) is 11.4. The number of rotatable bonds is 11. The molecule has 558 valence electrons. The summed E-state index contributed by atoms with van der Waals surface area (Å²) in [5.41, 5.74) is 32.5. The van der Waals surface area contributed by atoms with Crippen LogP contribution in [-0.2, 0) is 0 Å². The minimum absolute atomic E-state index is 0.129. The predicted octanol–water partition coefficient (Wildman–Crippen LogP) is 30.4. The molecule has 120 heavy (non-hydrogen) atoms. The Morgan fingerprint density at radius 2 is 0.608 bits per heavy atom. The van der Waals surface area contributed by atoms with Gasteiger partial charge in [-0.05, 0) is 307 Å². The van der Waals surface area contributed by atoms with Gasteiger partial charge in [0.25, 0.3) is 0 Å². The van der Waals surface area contributed by atoms with Crippen LogP contribution in [0.5, 0.6) is 0 Å². The van der Waals surface area contributed by atoms with Gasteiger partial charge >= 0.3 is 0 Å². The number of allylic oxidation sites excluding steroid dienone is 2. The molecule has 0 bridgehead atoms. The van der Waals surface area contributed by atoms with E-state index >= 15 is 0 Å². The number of hydrogen-bond acceptors (Lipinski definition) is 2. The smallest absolute Gasteiger partial charge is 0.247 e. The molecular weight excluding hydrogens is 1440 g/mol. The van der Waals surface area contributed by atoms with E-state index in [1.54, 1.807) is 0 Å². The van der Waals surface area contributed by atoms with Crippen LogP contribution in [0.4, 0.5) is 28.4 Å². The summed E-state index contributed by atoms with van der Waals surface area (Å²) in [5, 5.41) is 19.5. The van der Waals surface area contributed by atoms with Crippen molar-refractivity contribution in [2.75, 3.05) is 9.80 Å². The van der Waals surface area contributed by atoms with Gasteiger partial charge in [0, 0.05) is 28.4 Å². The van der Waals surface area contributed by atoms with E-state index in [4.69, 9.17) is 0 Å². The molecule has 1 unspecified atom stereocenters. The fourth-order valence-corrected chi connectivity index (χ4v) is 20.6. The largest absolute Gasteiger partial charge is 0.335 e. The molecule has 2 heterocycles. The molecule has 0 radical (unpaired) electrons. The van der Waals surface area contributed by atoms with Crippen molar-refractivity contribution < 1.29 is 0 Å². The van der Waals surface area contributed by atoms with Gasteiger partial charge in [0.05, 0.1) is 6.04 Å². The van der Waals surface area contributed by atoms with Crippen LogP contribution in [0.15, 0.2) is 436 Å². The summed E-state index contributed by atoms with van der Waals surface area (Å²) in [5.74, 6) is 0. The highest BCUT2D eigenvalue weighted by molar-refractivity contribution is 6.95. The maximum absolute atomic E-state index is 2.77. The van der Waals surface area contributed by atoms with Gasteiger partial charge in [0.2, 0.25) is 6.71 Å². The van der Waals surface area contributed by atoms with Crippen molar-refractivity contribution >= 4 is 138 Å². The van der Waals surface area contributed by atoms with Crippen molar-refractivity contribution in [2.45, 2.75) is 19.4 Å². The normalized spacial score (nSPS) is 13.6. The fraction of sp³-hybridized carbons (Fsp3) is 0.0256. The Morgan fingerprint density at radius 3 is 1.07 bits per heavy atom. The molecule has 0 fully saturated rings. The minimum atomic E-state index is -0.222.